The lowest BCUT2D eigenvalue weighted by Crippen LogP contribution is -2.41. The molecule has 2 aliphatic heterocycles. The average Bonchev–Trinajstić information content (AvgIpc) is 3.19. The Hall–Kier alpha value is -2.20. The quantitative estimate of drug-likeness (QED) is 0.456. The maximum atomic E-state index is 12.8. The van der Waals surface area contributed by atoms with E-state index in [1.165, 1.54) is 38.4 Å². The summed E-state index contributed by atoms with van der Waals surface area (Å²) in [5.74, 6) is 7.19. The molecule has 0 amide bonds. The van der Waals surface area contributed by atoms with Crippen LogP contribution in [-0.4, -0.2) is 61.6 Å². The number of hydrogen-bond acceptors (Lipinski definition) is 2. The van der Waals surface area contributed by atoms with Crippen molar-refractivity contribution in [2.75, 3.05) is 45.8 Å². The van der Waals surface area contributed by atoms with Crippen LogP contribution in [0.3, 0.4) is 0 Å². The monoisotopic (exact) mass is 420 g/mol. The first-order chi connectivity index (χ1) is 14.5. The summed E-state index contributed by atoms with van der Waals surface area (Å²) >= 11 is 0. The lowest BCUT2D eigenvalue weighted by molar-refractivity contribution is -0.137. The van der Waals surface area contributed by atoms with Crippen LogP contribution in [-0.2, 0) is 6.18 Å². The third-order valence-corrected chi connectivity index (χ3v) is 5.62. The van der Waals surface area contributed by atoms with Crippen LogP contribution in [0.5, 0.6) is 0 Å². The largest absolute Gasteiger partial charge is 0.416 e. The van der Waals surface area contributed by atoms with Crippen LogP contribution in [0.25, 0.3) is 0 Å². The molecule has 1 unspecified atom stereocenters. The van der Waals surface area contributed by atoms with Gasteiger partial charge in [0.15, 0.2) is 5.96 Å². The molecule has 0 saturated carbocycles. The van der Waals surface area contributed by atoms with Crippen molar-refractivity contribution in [3.63, 3.8) is 0 Å². The summed E-state index contributed by atoms with van der Waals surface area (Å²) in [7, 11) is 0. The van der Waals surface area contributed by atoms with Gasteiger partial charge in [-0.2, -0.15) is 13.2 Å². The maximum absolute atomic E-state index is 12.8. The van der Waals surface area contributed by atoms with Crippen LogP contribution < -0.4 is 5.32 Å². The van der Waals surface area contributed by atoms with Crippen molar-refractivity contribution in [3.05, 3.63) is 35.4 Å². The van der Waals surface area contributed by atoms with E-state index < -0.39 is 11.7 Å². The topological polar surface area (TPSA) is 30.9 Å². The van der Waals surface area contributed by atoms with Crippen molar-refractivity contribution < 1.29 is 13.2 Å². The van der Waals surface area contributed by atoms with Crippen molar-refractivity contribution in [2.24, 2.45) is 10.9 Å². The molecule has 4 nitrogen and oxygen atoms in total. The van der Waals surface area contributed by atoms with Gasteiger partial charge in [-0.25, -0.2) is 4.99 Å². The van der Waals surface area contributed by atoms with E-state index in [0.717, 1.165) is 50.7 Å². The van der Waals surface area contributed by atoms with E-state index in [1.807, 2.05) is 6.92 Å². The van der Waals surface area contributed by atoms with Gasteiger partial charge < -0.3 is 15.1 Å². The fourth-order valence-electron chi connectivity index (χ4n) is 4.14. The van der Waals surface area contributed by atoms with E-state index in [2.05, 4.69) is 31.9 Å². The van der Waals surface area contributed by atoms with Gasteiger partial charge in [-0.3, -0.25) is 0 Å². The number of nitrogens with one attached hydrogen (secondary N) is 1. The zero-order valence-corrected chi connectivity index (χ0v) is 17.6. The second-order valence-corrected chi connectivity index (χ2v) is 8.01. The summed E-state index contributed by atoms with van der Waals surface area (Å²) in [6.07, 6.45) is 0.785. The molecule has 2 fully saturated rings. The van der Waals surface area contributed by atoms with Crippen LogP contribution in [0, 0.1) is 17.8 Å². The third-order valence-electron chi connectivity index (χ3n) is 5.62. The molecule has 30 heavy (non-hydrogen) atoms. The second kappa shape index (κ2) is 10.7. The standard InChI is InChI=1S/C23H31F3N4/c1-2-27-22(30-15-11-20(18-30)17-29-13-4-3-5-14-29)28-12-7-9-19-8-6-10-21(16-19)23(24,25)26/h6,8,10,16,20H,2-5,11-15,17-18H2,1H3,(H,27,28). The predicted octanol–water partition coefficient (Wildman–Crippen LogP) is 3.83. The molecular weight excluding hydrogens is 389 g/mol. The summed E-state index contributed by atoms with van der Waals surface area (Å²) in [6.45, 7) is 8.62. The van der Waals surface area contributed by atoms with Crippen molar-refractivity contribution in [1.29, 1.82) is 0 Å². The number of guanidine groups is 1. The molecule has 1 aromatic carbocycles. The van der Waals surface area contributed by atoms with Crippen LogP contribution in [0.2, 0.25) is 0 Å². The molecule has 3 rings (SSSR count). The highest BCUT2D eigenvalue weighted by molar-refractivity contribution is 5.80. The van der Waals surface area contributed by atoms with Crippen molar-refractivity contribution >= 4 is 5.96 Å². The van der Waals surface area contributed by atoms with Gasteiger partial charge in [0.2, 0.25) is 0 Å². The maximum Gasteiger partial charge on any atom is 0.416 e. The first kappa shape index (κ1) is 22.5. The highest BCUT2D eigenvalue weighted by Gasteiger charge is 2.30. The number of rotatable bonds is 4. The number of alkyl halides is 3. The van der Waals surface area contributed by atoms with Gasteiger partial charge in [0.25, 0.3) is 0 Å². The Balaban J connectivity index is 1.56. The van der Waals surface area contributed by atoms with Gasteiger partial charge in [-0.1, -0.05) is 24.3 Å². The predicted molar refractivity (Wildman–Crippen MR) is 114 cm³/mol. The van der Waals surface area contributed by atoms with Crippen LogP contribution in [0.1, 0.15) is 43.7 Å². The van der Waals surface area contributed by atoms with Gasteiger partial charge in [0.05, 0.1) is 5.56 Å². The molecule has 0 bridgehead atoms. The summed E-state index contributed by atoms with van der Waals surface area (Å²) in [6, 6.07) is 5.10. The fourth-order valence-corrected chi connectivity index (χ4v) is 4.14. The van der Waals surface area contributed by atoms with Crippen molar-refractivity contribution in [2.45, 2.75) is 38.8 Å². The smallest absolute Gasteiger partial charge is 0.356 e. The van der Waals surface area contributed by atoms with Crippen LogP contribution in [0.4, 0.5) is 13.2 Å². The Labute approximate surface area is 177 Å². The molecule has 0 radical (unpaired) electrons. The number of hydrogen-bond donors (Lipinski definition) is 1. The van der Waals surface area contributed by atoms with Gasteiger partial charge >= 0.3 is 6.18 Å². The minimum Gasteiger partial charge on any atom is -0.356 e. The molecule has 7 heteroatoms. The van der Waals surface area contributed by atoms with E-state index in [9.17, 15) is 13.2 Å². The molecule has 1 aromatic rings. The van der Waals surface area contributed by atoms with Gasteiger partial charge in [0.1, 0.15) is 6.54 Å². The Kier molecular flexibility index (Phi) is 8.03. The highest BCUT2D eigenvalue weighted by Crippen LogP contribution is 2.29. The molecular formula is C23H31F3N4. The summed E-state index contributed by atoms with van der Waals surface area (Å²) < 4.78 is 38.4. The highest BCUT2D eigenvalue weighted by atomic mass is 19.4. The molecule has 0 aliphatic carbocycles. The van der Waals surface area contributed by atoms with Gasteiger partial charge in [-0.05, 0) is 63.4 Å². The Morgan fingerprint density at radius 1 is 1.20 bits per heavy atom. The molecule has 1 N–H and O–H groups in total. The van der Waals surface area contributed by atoms with Gasteiger partial charge in [0, 0.05) is 31.7 Å². The van der Waals surface area contributed by atoms with Crippen LogP contribution in [0.15, 0.2) is 29.3 Å². The summed E-state index contributed by atoms with van der Waals surface area (Å²) in [4.78, 5) is 9.45. The fraction of sp³-hybridized carbons (Fsp3) is 0.609. The number of nitrogens with zero attached hydrogens (tertiary/aromatic N) is 3. The average molecular weight is 421 g/mol. The normalized spacial score (nSPS) is 20.7. The molecule has 2 saturated heterocycles. The number of benzene rings is 1. The number of aliphatic imine (C=N–C) groups is 1. The minimum atomic E-state index is -4.35. The van der Waals surface area contributed by atoms with Gasteiger partial charge in [-0.15, -0.1) is 0 Å². The third kappa shape index (κ3) is 6.66. The van der Waals surface area contributed by atoms with E-state index in [1.54, 1.807) is 6.07 Å². The zero-order valence-electron chi connectivity index (χ0n) is 17.6. The zero-order chi connectivity index (χ0) is 21.4. The number of halogens is 3. The first-order valence-electron chi connectivity index (χ1n) is 10.9. The molecule has 0 spiro atoms. The lowest BCUT2D eigenvalue weighted by Gasteiger charge is -2.29. The van der Waals surface area contributed by atoms with Crippen LogP contribution >= 0.6 is 0 Å². The van der Waals surface area contributed by atoms with Crippen molar-refractivity contribution in [3.8, 4) is 11.8 Å². The Bertz CT molecular complexity index is 773. The Morgan fingerprint density at radius 3 is 2.73 bits per heavy atom. The molecule has 0 aromatic heterocycles. The molecule has 1 atom stereocenters. The van der Waals surface area contributed by atoms with Crippen molar-refractivity contribution in [1.82, 2.24) is 15.1 Å². The van der Waals surface area contributed by atoms with E-state index in [0.29, 0.717) is 11.5 Å². The minimum absolute atomic E-state index is 0.256. The summed E-state index contributed by atoms with van der Waals surface area (Å²) in [5.41, 5.74) is -0.323. The first-order valence-corrected chi connectivity index (χ1v) is 10.9. The molecule has 164 valence electrons. The number of piperidine rings is 1. The number of likely N-dealkylation sites (tertiary alicyclic amines) is 2. The van der Waals surface area contributed by atoms with E-state index in [-0.39, 0.29) is 6.54 Å². The summed E-state index contributed by atoms with van der Waals surface area (Å²) in [5, 5.41) is 3.32. The Morgan fingerprint density at radius 2 is 2.00 bits per heavy atom. The van der Waals surface area contributed by atoms with E-state index in [4.69, 9.17) is 0 Å². The SMILES string of the molecule is CCNC(=NCC#Cc1cccc(C(F)(F)F)c1)N1CCC(CN2CCCCC2)C1. The molecule has 2 heterocycles. The molecule has 2 aliphatic rings. The second-order valence-electron chi connectivity index (χ2n) is 8.01. The lowest BCUT2D eigenvalue weighted by atomic mass is 10.1. The van der Waals surface area contributed by atoms with E-state index >= 15 is 0 Å².